The zero-order chi connectivity index (χ0) is 12.7. The third-order valence-electron chi connectivity index (χ3n) is 2.31. The van der Waals surface area contributed by atoms with E-state index in [2.05, 4.69) is 31.1 Å². The van der Waals surface area contributed by atoms with Crippen LogP contribution >= 0.6 is 11.8 Å². The van der Waals surface area contributed by atoms with Gasteiger partial charge in [-0.15, -0.1) is 0 Å². The monoisotopic (exact) mass is 256 g/mol. The maximum absolute atomic E-state index is 13.1. The quantitative estimate of drug-likeness (QED) is 0.810. The number of pyridine rings is 1. The summed E-state index contributed by atoms with van der Waals surface area (Å²) in [5.74, 6) is 2.51. The number of hydrogen-bond acceptors (Lipinski definition) is 3. The number of halogens is 1. The molecule has 1 rings (SSSR count). The molecule has 2 nitrogen and oxygen atoms in total. The molecule has 1 N–H and O–H groups in total. The van der Waals surface area contributed by atoms with Gasteiger partial charge in [0.2, 0.25) is 0 Å². The average Bonchev–Trinajstić information content (AvgIpc) is 2.27. The molecule has 4 heteroatoms. The molecule has 1 atom stereocenters. The van der Waals surface area contributed by atoms with Crippen LogP contribution in [0.15, 0.2) is 18.5 Å². The summed E-state index contributed by atoms with van der Waals surface area (Å²) < 4.78 is 13.1. The Morgan fingerprint density at radius 2 is 2.12 bits per heavy atom. The number of aromatic nitrogens is 1. The molecule has 0 aliphatic carbocycles. The molecule has 0 bridgehead atoms. The number of hydrogen-bond donors (Lipinski definition) is 1. The lowest BCUT2D eigenvalue weighted by Crippen LogP contribution is -2.23. The smallest absolute Gasteiger partial charge is 0.141 e. The molecule has 0 aliphatic rings. The highest BCUT2D eigenvalue weighted by molar-refractivity contribution is 7.99. The van der Waals surface area contributed by atoms with Gasteiger partial charge in [-0.25, -0.2) is 4.39 Å². The summed E-state index contributed by atoms with van der Waals surface area (Å²) in [5, 5.41) is 3.37. The number of rotatable bonds is 7. The molecule has 0 spiro atoms. The van der Waals surface area contributed by atoms with Crippen molar-refractivity contribution in [1.82, 2.24) is 10.3 Å². The largest absolute Gasteiger partial charge is 0.309 e. The minimum absolute atomic E-state index is 0.187. The first-order chi connectivity index (χ1) is 8.13. The highest BCUT2D eigenvalue weighted by Gasteiger charge is 2.11. The van der Waals surface area contributed by atoms with Gasteiger partial charge >= 0.3 is 0 Å². The lowest BCUT2D eigenvalue weighted by atomic mass is 10.1. The predicted molar refractivity (Wildman–Crippen MR) is 72.8 cm³/mol. The van der Waals surface area contributed by atoms with Crippen molar-refractivity contribution in [3.63, 3.8) is 0 Å². The van der Waals surface area contributed by atoms with E-state index >= 15 is 0 Å². The van der Waals surface area contributed by atoms with Crippen LogP contribution in [-0.2, 0) is 0 Å². The van der Waals surface area contributed by atoms with E-state index in [9.17, 15) is 4.39 Å². The molecule has 96 valence electrons. The number of nitrogens with one attached hydrogen (secondary N) is 1. The van der Waals surface area contributed by atoms with E-state index in [1.165, 1.54) is 6.20 Å². The van der Waals surface area contributed by atoms with Gasteiger partial charge in [0.25, 0.3) is 0 Å². The fourth-order valence-corrected chi connectivity index (χ4v) is 2.71. The Kier molecular flexibility index (Phi) is 6.52. The third-order valence-corrected chi connectivity index (χ3v) is 3.79. The van der Waals surface area contributed by atoms with Gasteiger partial charge in [0.05, 0.1) is 6.20 Å². The third kappa shape index (κ3) is 5.50. The fourth-order valence-electron chi connectivity index (χ4n) is 1.56. The molecule has 0 amide bonds. The van der Waals surface area contributed by atoms with Gasteiger partial charge in [-0.3, -0.25) is 4.98 Å². The van der Waals surface area contributed by atoms with Crippen LogP contribution in [0.25, 0.3) is 0 Å². The Balaban J connectivity index is 2.58. The normalized spacial score (nSPS) is 13.0. The van der Waals surface area contributed by atoms with Gasteiger partial charge in [0, 0.05) is 18.0 Å². The minimum Gasteiger partial charge on any atom is -0.309 e. The Labute approximate surface area is 107 Å². The summed E-state index contributed by atoms with van der Waals surface area (Å²) in [6.45, 7) is 7.36. The van der Waals surface area contributed by atoms with Gasteiger partial charge in [-0.1, -0.05) is 20.8 Å². The molecule has 0 saturated carbocycles. The van der Waals surface area contributed by atoms with E-state index < -0.39 is 0 Å². The molecule has 1 aromatic rings. The molecule has 0 saturated heterocycles. The van der Waals surface area contributed by atoms with Gasteiger partial charge in [-0.05, 0) is 29.8 Å². The zero-order valence-corrected chi connectivity index (χ0v) is 11.6. The van der Waals surface area contributed by atoms with Crippen LogP contribution in [0.4, 0.5) is 4.39 Å². The molecule has 0 aromatic carbocycles. The van der Waals surface area contributed by atoms with Crippen molar-refractivity contribution in [2.75, 3.05) is 18.1 Å². The van der Waals surface area contributed by atoms with Crippen LogP contribution in [0.3, 0.4) is 0 Å². The summed E-state index contributed by atoms with van der Waals surface area (Å²) >= 11 is 1.90. The first kappa shape index (κ1) is 14.5. The predicted octanol–water partition coefficient (Wildman–Crippen LogP) is 3.26. The van der Waals surface area contributed by atoms with E-state index in [1.54, 1.807) is 12.3 Å². The second kappa shape index (κ2) is 7.67. The summed E-state index contributed by atoms with van der Waals surface area (Å²) in [6, 6.07) is 1.75. The van der Waals surface area contributed by atoms with Gasteiger partial charge < -0.3 is 5.32 Å². The van der Waals surface area contributed by atoms with Gasteiger partial charge in [-0.2, -0.15) is 11.8 Å². The number of nitrogens with zero attached hydrogens (tertiary/aromatic N) is 1. The van der Waals surface area contributed by atoms with Crippen LogP contribution in [0.2, 0.25) is 0 Å². The molecule has 1 aromatic heterocycles. The molecular weight excluding hydrogens is 235 g/mol. The van der Waals surface area contributed by atoms with Crippen molar-refractivity contribution in [2.45, 2.75) is 26.8 Å². The van der Waals surface area contributed by atoms with Gasteiger partial charge in [0.1, 0.15) is 5.82 Å². The topological polar surface area (TPSA) is 24.9 Å². The Morgan fingerprint density at radius 3 is 2.71 bits per heavy atom. The van der Waals surface area contributed by atoms with Crippen LogP contribution in [0, 0.1) is 11.7 Å². The van der Waals surface area contributed by atoms with Crippen LogP contribution in [-0.4, -0.2) is 23.0 Å². The molecule has 17 heavy (non-hydrogen) atoms. The Hall–Kier alpha value is -0.610. The van der Waals surface area contributed by atoms with Crippen molar-refractivity contribution in [2.24, 2.45) is 5.92 Å². The van der Waals surface area contributed by atoms with E-state index in [-0.39, 0.29) is 11.9 Å². The molecule has 0 aliphatic heterocycles. The maximum Gasteiger partial charge on any atom is 0.141 e. The summed E-state index contributed by atoms with van der Waals surface area (Å²) in [7, 11) is 0. The van der Waals surface area contributed by atoms with Crippen LogP contribution in [0.5, 0.6) is 0 Å². The van der Waals surface area contributed by atoms with E-state index in [1.807, 2.05) is 11.8 Å². The molecular formula is C13H21FN2S. The Morgan fingerprint density at radius 1 is 1.35 bits per heavy atom. The lowest BCUT2D eigenvalue weighted by Gasteiger charge is -2.18. The zero-order valence-electron chi connectivity index (χ0n) is 10.7. The van der Waals surface area contributed by atoms with Crippen molar-refractivity contribution in [1.29, 1.82) is 0 Å². The van der Waals surface area contributed by atoms with Gasteiger partial charge in [0.15, 0.2) is 0 Å². The standard InChI is InChI=1S/C13H21FN2S/c1-4-16-13(9-17-8-10(2)3)11-5-12(14)7-15-6-11/h5-7,10,13,16H,4,8-9H2,1-3H3. The van der Waals surface area contributed by atoms with Crippen molar-refractivity contribution in [3.05, 3.63) is 29.8 Å². The minimum atomic E-state index is -0.265. The summed E-state index contributed by atoms with van der Waals surface area (Å²) in [4.78, 5) is 3.91. The second-order valence-electron chi connectivity index (χ2n) is 4.48. The van der Waals surface area contributed by atoms with Crippen molar-refractivity contribution >= 4 is 11.8 Å². The summed E-state index contributed by atoms with van der Waals surface area (Å²) in [6.07, 6.45) is 2.99. The van der Waals surface area contributed by atoms with E-state index in [0.717, 1.165) is 23.6 Å². The first-order valence-corrected chi connectivity index (χ1v) is 7.20. The molecule has 1 heterocycles. The molecule has 1 unspecified atom stereocenters. The maximum atomic E-state index is 13.1. The van der Waals surface area contributed by atoms with E-state index in [0.29, 0.717) is 5.92 Å². The van der Waals surface area contributed by atoms with E-state index in [4.69, 9.17) is 0 Å². The fraction of sp³-hybridized carbons (Fsp3) is 0.615. The molecule has 0 radical (unpaired) electrons. The number of thioether (sulfide) groups is 1. The van der Waals surface area contributed by atoms with Crippen molar-refractivity contribution < 1.29 is 4.39 Å². The average molecular weight is 256 g/mol. The highest BCUT2D eigenvalue weighted by atomic mass is 32.2. The lowest BCUT2D eigenvalue weighted by molar-refractivity contribution is 0.582. The second-order valence-corrected chi connectivity index (χ2v) is 5.55. The Bertz CT molecular complexity index is 331. The van der Waals surface area contributed by atoms with Crippen molar-refractivity contribution in [3.8, 4) is 0 Å². The van der Waals surface area contributed by atoms with Crippen LogP contribution < -0.4 is 5.32 Å². The van der Waals surface area contributed by atoms with Crippen LogP contribution in [0.1, 0.15) is 32.4 Å². The molecule has 0 fully saturated rings. The SMILES string of the molecule is CCNC(CSCC(C)C)c1cncc(F)c1. The summed E-state index contributed by atoms with van der Waals surface area (Å²) in [5.41, 5.74) is 0.933. The first-order valence-electron chi connectivity index (χ1n) is 6.05. The highest BCUT2D eigenvalue weighted by Crippen LogP contribution is 2.19.